The molecule has 13 nitrogen and oxygen atoms in total. The molecule has 3 heterocycles. The third-order valence-electron chi connectivity index (χ3n) is 9.52. The number of morpholine rings is 1. The van der Waals surface area contributed by atoms with E-state index in [4.69, 9.17) is 39.4 Å². The molecule has 4 aromatic rings. The zero-order chi connectivity index (χ0) is 37.8. The van der Waals surface area contributed by atoms with Crippen molar-refractivity contribution < 1.29 is 32.8 Å². The second-order valence-corrected chi connectivity index (χ2v) is 16.1. The van der Waals surface area contributed by atoms with Crippen molar-refractivity contribution in [1.29, 1.82) is 0 Å². The highest BCUT2D eigenvalue weighted by Crippen LogP contribution is 2.56. The minimum atomic E-state index is -3.95. The topological polar surface area (TPSA) is 134 Å². The summed E-state index contributed by atoms with van der Waals surface area (Å²) in [5.74, 6) is 0. The molecular weight excluding hydrogens is 735 g/mol. The first-order chi connectivity index (χ1) is 26.3. The fourth-order valence-electron chi connectivity index (χ4n) is 6.93. The largest absolute Gasteiger partial charge is 0.378 e. The molecule has 1 aromatic heterocycles. The summed E-state index contributed by atoms with van der Waals surface area (Å²) in [6, 6.07) is 30.5. The number of rotatable bonds is 9. The van der Waals surface area contributed by atoms with E-state index in [-0.39, 0.29) is 39.5 Å². The van der Waals surface area contributed by atoms with E-state index in [0.717, 1.165) is 16.7 Å². The molecule has 0 aliphatic carbocycles. The summed E-state index contributed by atoms with van der Waals surface area (Å²) < 4.78 is 52.3. The predicted octanol–water partition coefficient (Wildman–Crippen LogP) is 4.78. The van der Waals surface area contributed by atoms with Crippen LogP contribution in [-0.4, -0.2) is 111 Å². The molecule has 2 saturated heterocycles. The van der Waals surface area contributed by atoms with Crippen molar-refractivity contribution in [3.63, 3.8) is 0 Å². The van der Waals surface area contributed by atoms with Gasteiger partial charge in [0.2, 0.25) is 0 Å². The highest BCUT2D eigenvalue weighted by molar-refractivity contribution is 7.83. The van der Waals surface area contributed by atoms with Crippen molar-refractivity contribution in [2.24, 2.45) is 0 Å². The summed E-state index contributed by atoms with van der Waals surface area (Å²) in [4.78, 5) is 30.5. The number of aryl methyl sites for hydroxylation is 1. The summed E-state index contributed by atoms with van der Waals surface area (Å²) in [7, 11) is 0. The van der Waals surface area contributed by atoms with Crippen LogP contribution < -0.4 is 11.2 Å². The van der Waals surface area contributed by atoms with Crippen LogP contribution >= 0.6 is 18.1 Å². The normalized spacial score (nSPS) is 21.7. The number of aromatic amines is 1. The maximum Gasteiger partial charge on any atom is 0.363 e. The van der Waals surface area contributed by atoms with Gasteiger partial charge in [0.1, 0.15) is 0 Å². The summed E-state index contributed by atoms with van der Waals surface area (Å²) in [5.41, 5.74) is 1.38. The van der Waals surface area contributed by atoms with Crippen molar-refractivity contribution in [3.8, 4) is 0 Å². The van der Waals surface area contributed by atoms with Crippen LogP contribution in [0.3, 0.4) is 0 Å². The molecule has 0 bridgehead atoms. The molecule has 0 amide bonds. The minimum absolute atomic E-state index is 0.167. The maximum atomic E-state index is 14.2. The number of ether oxygens (including phenoxy) is 5. The van der Waals surface area contributed by atoms with Gasteiger partial charge < -0.3 is 28.2 Å². The highest BCUT2D eigenvalue weighted by Gasteiger charge is 2.47. The van der Waals surface area contributed by atoms with Crippen LogP contribution in [0.15, 0.2) is 107 Å². The van der Waals surface area contributed by atoms with E-state index >= 15 is 0 Å². The molecule has 54 heavy (non-hydrogen) atoms. The van der Waals surface area contributed by atoms with Gasteiger partial charge in [0.25, 0.3) is 5.56 Å². The molecule has 1 N–H and O–H groups in total. The summed E-state index contributed by atoms with van der Waals surface area (Å²) >= 11 is 6.78. The average molecular weight is 783 g/mol. The first-order valence-corrected chi connectivity index (χ1v) is 20.7. The minimum Gasteiger partial charge on any atom is -0.378 e. The third-order valence-corrected chi connectivity index (χ3v) is 12.0. The van der Waals surface area contributed by atoms with Crippen molar-refractivity contribution in [1.82, 2.24) is 19.1 Å². The van der Waals surface area contributed by atoms with Crippen LogP contribution in [0.4, 0.5) is 0 Å². The molecule has 0 spiro atoms. The van der Waals surface area contributed by atoms with E-state index < -0.39 is 36.0 Å². The molecule has 3 aromatic carbocycles. The fourth-order valence-corrected chi connectivity index (χ4v) is 8.71. The number of nitrogens with one attached hydrogen (secondary N) is 1. The molecule has 3 unspecified atom stereocenters. The standard InChI is InChI=1S/C39H48ClN4O9P/c1-31-27-44(38(46)41-37(31)45)36-29-42(39(32-11-5-2-6-12-32,33-13-7-3-8-14-33)34-15-9-4-10-16-34)28-35(53-36)30-52-54(40,47)43-17-19-48-21-23-50-25-26-51-24-22-49-20-18-43/h2-16,27,35-36H,17-26,28-30H2,1H3,(H,41,45,46). The number of benzene rings is 3. The first kappa shape index (κ1) is 40.2. The van der Waals surface area contributed by atoms with Crippen LogP contribution in [0.2, 0.25) is 0 Å². The van der Waals surface area contributed by atoms with E-state index in [1.165, 1.54) is 15.4 Å². The van der Waals surface area contributed by atoms with E-state index in [1.807, 2.05) is 54.6 Å². The van der Waals surface area contributed by atoms with Gasteiger partial charge in [0.15, 0.2) is 6.23 Å². The van der Waals surface area contributed by atoms with Gasteiger partial charge in [-0.1, -0.05) is 91.0 Å². The smallest absolute Gasteiger partial charge is 0.363 e. The Bertz CT molecular complexity index is 1810. The first-order valence-electron chi connectivity index (χ1n) is 18.2. The Morgan fingerprint density at radius 3 is 1.69 bits per heavy atom. The van der Waals surface area contributed by atoms with Gasteiger partial charge in [-0.2, -0.15) is 0 Å². The molecule has 2 fully saturated rings. The van der Waals surface area contributed by atoms with Crippen LogP contribution in [0.5, 0.6) is 0 Å². The molecule has 0 saturated carbocycles. The second-order valence-electron chi connectivity index (χ2n) is 13.1. The van der Waals surface area contributed by atoms with Gasteiger partial charge in [-0.05, 0) is 34.9 Å². The zero-order valence-corrected chi connectivity index (χ0v) is 32.1. The number of nitrogens with zero attached hydrogens (tertiary/aromatic N) is 3. The number of H-pyrrole nitrogens is 1. The van der Waals surface area contributed by atoms with E-state index in [9.17, 15) is 14.2 Å². The van der Waals surface area contributed by atoms with Gasteiger partial charge >= 0.3 is 12.6 Å². The quantitative estimate of drug-likeness (QED) is 0.186. The lowest BCUT2D eigenvalue weighted by atomic mass is 9.75. The van der Waals surface area contributed by atoms with Crippen molar-refractivity contribution in [2.45, 2.75) is 24.8 Å². The number of aromatic nitrogens is 2. The molecule has 0 radical (unpaired) electrons. The summed E-state index contributed by atoms with van der Waals surface area (Å²) in [5, 5.41) is 0. The van der Waals surface area contributed by atoms with E-state index in [0.29, 0.717) is 51.7 Å². The molecule has 2 aliphatic heterocycles. The Hall–Kier alpha value is -3.46. The lowest BCUT2D eigenvalue weighted by Crippen LogP contribution is -2.58. The van der Waals surface area contributed by atoms with Crippen molar-refractivity contribution in [2.75, 3.05) is 85.6 Å². The monoisotopic (exact) mass is 782 g/mol. The fraction of sp³-hybridized carbons (Fsp3) is 0.436. The van der Waals surface area contributed by atoms with Crippen LogP contribution in [0.1, 0.15) is 28.5 Å². The third kappa shape index (κ3) is 9.85. The van der Waals surface area contributed by atoms with Gasteiger partial charge in [-0.15, -0.1) is 0 Å². The van der Waals surface area contributed by atoms with Crippen LogP contribution in [0, 0.1) is 6.92 Å². The van der Waals surface area contributed by atoms with Crippen molar-refractivity contribution in [3.05, 3.63) is 140 Å². The predicted molar refractivity (Wildman–Crippen MR) is 205 cm³/mol. The lowest BCUT2D eigenvalue weighted by molar-refractivity contribution is -0.148. The molecule has 15 heteroatoms. The number of hydrogen-bond acceptors (Lipinski definition) is 10. The van der Waals surface area contributed by atoms with Crippen molar-refractivity contribution >= 4 is 18.1 Å². The van der Waals surface area contributed by atoms with Crippen LogP contribution in [0.25, 0.3) is 0 Å². The zero-order valence-electron chi connectivity index (χ0n) is 30.4. The Morgan fingerprint density at radius 2 is 1.20 bits per heavy atom. The molecule has 6 rings (SSSR count). The Balaban J connectivity index is 1.35. The second kappa shape index (κ2) is 19.4. The molecule has 290 valence electrons. The van der Waals surface area contributed by atoms with Gasteiger partial charge in [0, 0.05) is 37.9 Å². The summed E-state index contributed by atoms with van der Waals surface area (Å²) in [6.45, 7) is 1.46. The molecule has 3 atom stereocenters. The summed E-state index contributed by atoms with van der Waals surface area (Å²) in [6.07, 6.45) is -0.0883. The Morgan fingerprint density at radius 1 is 0.741 bits per heavy atom. The van der Waals surface area contributed by atoms with E-state index in [2.05, 4.69) is 46.3 Å². The number of hydrogen-bond donors (Lipinski definition) is 1. The van der Waals surface area contributed by atoms with Gasteiger partial charge in [-0.25, -0.2) is 9.46 Å². The molecular formula is C39H48ClN4O9P. The lowest BCUT2D eigenvalue weighted by Gasteiger charge is -2.50. The van der Waals surface area contributed by atoms with E-state index in [1.54, 1.807) is 6.92 Å². The Kier molecular flexibility index (Phi) is 14.5. The van der Waals surface area contributed by atoms with Gasteiger partial charge in [0.05, 0.1) is 71.1 Å². The Labute approximate surface area is 319 Å². The average Bonchev–Trinajstić information content (AvgIpc) is 3.20. The molecule has 2 aliphatic rings. The SMILES string of the molecule is Cc1cn(C2CN(C(c3ccccc3)(c3ccccc3)c3ccccc3)CC(COP(=O)(Cl)N3CCOCCOCCOCCOCC3)O2)c(=O)[nH]c1=O. The van der Waals surface area contributed by atoms with Crippen LogP contribution in [-0.2, 0) is 38.3 Å². The van der Waals surface area contributed by atoms with Gasteiger partial charge in [-0.3, -0.25) is 23.8 Å². The highest BCUT2D eigenvalue weighted by atomic mass is 35.7. The maximum absolute atomic E-state index is 14.2. The number of halogens is 1.